The van der Waals surface area contributed by atoms with Crippen LogP contribution in [0.25, 0.3) is 22.3 Å². The molecule has 90 valence electrons. The smallest absolute Gasteiger partial charge is 0.244 e. The van der Waals surface area contributed by atoms with Gasteiger partial charge < -0.3 is 9.54 Å². The van der Waals surface area contributed by atoms with Crippen LogP contribution in [0.2, 0.25) is 0 Å². The first-order valence-electron chi connectivity index (χ1n) is 5.47. The van der Waals surface area contributed by atoms with Crippen LogP contribution in [0.4, 0.5) is 0 Å². The zero-order chi connectivity index (χ0) is 12.5. The van der Waals surface area contributed by atoms with E-state index in [1.54, 1.807) is 24.7 Å². The van der Waals surface area contributed by atoms with Crippen molar-refractivity contribution in [1.29, 1.82) is 0 Å². The Kier molecular flexibility index (Phi) is 2.77. The van der Waals surface area contributed by atoms with Crippen LogP contribution in [0.15, 0.2) is 47.8 Å². The summed E-state index contributed by atoms with van der Waals surface area (Å²) in [4.78, 5) is 11.7. The molecule has 18 heavy (non-hydrogen) atoms. The van der Waals surface area contributed by atoms with Gasteiger partial charge in [0.25, 0.3) is 0 Å². The van der Waals surface area contributed by atoms with Crippen molar-refractivity contribution in [2.24, 2.45) is 0 Å². The van der Waals surface area contributed by atoms with Crippen LogP contribution >= 0.6 is 0 Å². The fourth-order valence-electron chi connectivity index (χ4n) is 1.82. The molecule has 0 fully saturated rings. The van der Waals surface area contributed by atoms with Crippen molar-refractivity contribution in [3.05, 3.63) is 42.7 Å². The van der Waals surface area contributed by atoms with Crippen molar-refractivity contribution in [1.82, 2.24) is 15.0 Å². The van der Waals surface area contributed by atoms with E-state index in [4.69, 9.17) is 0 Å². The molecular weight excluding hydrogens is 246 g/mol. The van der Waals surface area contributed by atoms with Crippen LogP contribution in [0.1, 0.15) is 0 Å². The number of hydrogen-bond donors (Lipinski definition) is 1. The predicted octanol–water partition coefficient (Wildman–Crippen LogP) is 2.36. The molecule has 3 rings (SSSR count). The van der Waals surface area contributed by atoms with Crippen molar-refractivity contribution >= 4 is 22.2 Å². The Labute approximate surface area is 107 Å². The highest BCUT2D eigenvalue weighted by molar-refractivity contribution is 7.90. The van der Waals surface area contributed by atoms with Gasteiger partial charge in [-0.25, -0.2) is 9.97 Å². The summed E-state index contributed by atoms with van der Waals surface area (Å²) >= 11 is -1.04. The van der Waals surface area contributed by atoms with Crippen LogP contribution in [-0.4, -0.2) is 25.8 Å². The topological polar surface area (TPSA) is 64.6 Å². The highest BCUT2D eigenvalue weighted by atomic mass is 32.2. The van der Waals surface area contributed by atoms with E-state index in [0.717, 1.165) is 22.3 Å². The molecule has 0 aliphatic heterocycles. The number of hydrogen-bond acceptors (Lipinski definition) is 3. The number of rotatable bonds is 2. The lowest BCUT2D eigenvalue weighted by atomic mass is 10.2. The van der Waals surface area contributed by atoms with Crippen LogP contribution in [-0.2, 0) is 11.2 Å². The number of nitrogens with one attached hydrogen (secondary N) is 1. The molecular formula is C13H11N3OS. The van der Waals surface area contributed by atoms with E-state index >= 15 is 0 Å². The molecule has 3 aromatic heterocycles. The molecule has 1 atom stereocenters. The van der Waals surface area contributed by atoms with E-state index in [0.29, 0.717) is 5.03 Å². The molecule has 1 N–H and O–H groups in total. The fourth-order valence-corrected chi connectivity index (χ4v) is 2.28. The Morgan fingerprint density at radius 2 is 2.11 bits per heavy atom. The Morgan fingerprint density at radius 3 is 2.78 bits per heavy atom. The second-order valence-electron chi connectivity index (χ2n) is 3.96. The van der Waals surface area contributed by atoms with E-state index in [2.05, 4.69) is 15.0 Å². The maximum Gasteiger partial charge on any atom is 0.244 e. The van der Waals surface area contributed by atoms with Crippen molar-refractivity contribution in [2.75, 3.05) is 6.26 Å². The number of aromatic nitrogens is 3. The average Bonchev–Trinajstić information content (AvgIpc) is 2.82. The quantitative estimate of drug-likeness (QED) is 0.717. The van der Waals surface area contributed by atoms with Gasteiger partial charge in [-0.2, -0.15) is 0 Å². The molecule has 0 aliphatic carbocycles. The van der Waals surface area contributed by atoms with Crippen molar-refractivity contribution < 1.29 is 4.55 Å². The summed E-state index contributed by atoms with van der Waals surface area (Å²) in [5.41, 5.74) is 2.78. The maximum atomic E-state index is 11.3. The highest BCUT2D eigenvalue weighted by Gasteiger charge is 2.08. The van der Waals surface area contributed by atoms with E-state index < -0.39 is 11.2 Å². The van der Waals surface area contributed by atoms with Gasteiger partial charge in [0.15, 0.2) is 0 Å². The van der Waals surface area contributed by atoms with Gasteiger partial charge in [-0.3, -0.25) is 0 Å². The van der Waals surface area contributed by atoms with Crippen LogP contribution < -0.4 is 0 Å². The van der Waals surface area contributed by atoms with E-state index in [1.807, 2.05) is 24.3 Å². The van der Waals surface area contributed by atoms with Crippen molar-refractivity contribution in [3.8, 4) is 11.3 Å². The SMILES string of the molecule is C[S+]([O-])c1ccc(-c2cc3cccnc3[nH]2)cn1. The first-order valence-corrected chi connectivity index (χ1v) is 7.03. The average molecular weight is 257 g/mol. The molecule has 4 nitrogen and oxygen atoms in total. The standard InChI is InChI=1S/C13H11N3OS/c1-18(17)12-5-4-10(8-15-12)11-7-9-3-2-6-14-13(9)16-11/h2-8H,1H3,(H,14,16). The molecule has 5 heteroatoms. The first-order chi connectivity index (χ1) is 8.74. The molecule has 0 amide bonds. The summed E-state index contributed by atoms with van der Waals surface area (Å²) in [6.45, 7) is 0. The minimum atomic E-state index is -1.04. The Hall–Kier alpha value is -1.85. The maximum absolute atomic E-state index is 11.3. The number of fused-ring (bicyclic) bond motifs is 1. The van der Waals surface area contributed by atoms with Gasteiger partial charge in [-0.05, 0) is 24.3 Å². The molecule has 1 unspecified atom stereocenters. The summed E-state index contributed by atoms with van der Waals surface area (Å²) in [5.74, 6) is 0. The van der Waals surface area contributed by atoms with Crippen LogP contribution in [0, 0.1) is 0 Å². The molecule has 0 spiro atoms. The van der Waals surface area contributed by atoms with Gasteiger partial charge in [0.05, 0.1) is 0 Å². The zero-order valence-corrected chi connectivity index (χ0v) is 10.6. The van der Waals surface area contributed by atoms with Gasteiger partial charge in [-0.15, -0.1) is 0 Å². The summed E-state index contributed by atoms with van der Waals surface area (Å²) in [6, 6.07) is 9.63. The molecule has 0 saturated carbocycles. The molecule has 3 heterocycles. The molecule has 0 saturated heterocycles. The van der Waals surface area contributed by atoms with Gasteiger partial charge in [-0.1, -0.05) is 0 Å². The Morgan fingerprint density at radius 1 is 1.22 bits per heavy atom. The first kappa shape index (κ1) is 11.3. The molecule has 0 bridgehead atoms. The van der Waals surface area contributed by atoms with Crippen molar-refractivity contribution in [3.63, 3.8) is 0 Å². The highest BCUT2D eigenvalue weighted by Crippen LogP contribution is 2.22. The molecule has 0 aromatic carbocycles. The Bertz CT molecular complexity index is 643. The van der Waals surface area contributed by atoms with Gasteiger partial charge in [0.1, 0.15) is 11.9 Å². The third-order valence-corrected chi connectivity index (χ3v) is 3.56. The van der Waals surface area contributed by atoms with Crippen LogP contribution in [0.5, 0.6) is 0 Å². The van der Waals surface area contributed by atoms with E-state index in [9.17, 15) is 4.55 Å². The lowest BCUT2D eigenvalue weighted by Gasteiger charge is -2.03. The summed E-state index contributed by atoms with van der Waals surface area (Å²) in [6.07, 6.45) is 5.10. The fraction of sp³-hybridized carbons (Fsp3) is 0.0769. The van der Waals surface area contributed by atoms with Gasteiger partial charge in [0.2, 0.25) is 5.03 Å². The third kappa shape index (κ3) is 1.98. The monoisotopic (exact) mass is 257 g/mol. The predicted molar refractivity (Wildman–Crippen MR) is 71.7 cm³/mol. The summed E-state index contributed by atoms with van der Waals surface area (Å²) in [7, 11) is 0. The lowest BCUT2D eigenvalue weighted by molar-refractivity contribution is 0.597. The summed E-state index contributed by atoms with van der Waals surface area (Å²) in [5, 5.41) is 1.66. The van der Waals surface area contributed by atoms with E-state index in [1.165, 1.54) is 0 Å². The Balaban J connectivity index is 2.03. The number of pyridine rings is 2. The minimum Gasteiger partial charge on any atom is -0.610 e. The van der Waals surface area contributed by atoms with Crippen molar-refractivity contribution in [2.45, 2.75) is 5.03 Å². The second-order valence-corrected chi connectivity index (χ2v) is 5.29. The van der Waals surface area contributed by atoms with Gasteiger partial charge in [0, 0.05) is 46.3 Å². The van der Waals surface area contributed by atoms with Crippen LogP contribution in [0.3, 0.4) is 0 Å². The minimum absolute atomic E-state index is 0.591. The van der Waals surface area contributed by atoms with Gasteiger partial charge >= 0.3 is 0 Å². The number of H-pyrrole nitrogens is 1. The molecule has 3 aromatic rings. The lowest BCUT2D eigenvalue weighted by Crippen LogP contribution is -1.99. The second kappa shape index (κ2) is 4.44. The molecule has 0 radical (unpaired) electrons. The molecule has 0 aliphatic rings. The zero-order valence-electron chi connectivity index (χ0n) is 9.75. The third-order valence-electron chi connectivity index (χ3n) is 2.73. The van der Waals surface area contributed by atoms with E-state index in [-0.39, 0.29) is 0 Å². The number of aromatic amines is 1. The number of nitrogens with zero attached hydrogens (tertiary/aromatic N) is 2. The largest absolute Gasteiger partial charge is 0.610 e. The normalized spacial score (nSPS) is 12.8. The summed E-state index contributed by atoms with van der Waals surface area (Å²) < 4.78 is 11.3.